The number of ether oxygens (including phenoxy) is 2. The highest BCUT2D eigenvalue weighted by molar-refractivity contribution is 6.19. The molecule has 0 radical (unpaired) electrons. The number of carbonyl (C=O) groups is 2. The quantitative estimate of drug-likeness (QED) is 0.616. The van der Waals surface area contributed by atoms with Crippen LogP contribution in [0.4, 0.5) is 10.7 Å². The SMILES string of the molecule is CCOc1ccc(-n2c(C)c[n+]3c2N=C2C3C(=O)N(CCN3CCOCC3)C(=O)N2C)cc1. The van der Waals surface area contributed by atoms with Crippen molar-refractivity contribution in [3.05, 3.63) is 36.2 Å². The molecule has 33 heavy (non-hydrogen) atoms. The predicted molar refractivity (Wildman–Crippen MR) is 120 cm³/mol. The lowest BCUT2D eigenvalue weighted by molar-refractivity contribution is -0.676. The van der Waals surface area contributed by atoms with Crippen LogP contribution in [-0.4, -0.2) is 90.1 Å². The van der Waals surface area contributed by atoms with Crippen LogP contribution in [0.1, 0.15) is 18.7 Å². The molecule has 1 atom stereocenters. The minimum Gasteiger partial charge on any atom is -0.494 e. The molecule has 2 aromatic rings. The molecule has 0 bridgehead atoms. The molecule has 3 aliphatic rings. The van der Waals surface area contributed by atoms with Gasteiger partial charge < -0.3 is 9.47 Å². The van der Waals surface area contributed by atoms with Crippen LogP contribution in [-0.2, 0) is 9.53 Å². The van der Waals surface area contributed by atoms with Crippen molar-refractivity contribution in [1.82, 2.24) is 19.3 Å². The van der Waals surface area contributed by atoms with Gasteiger partial charge >= 0.3 is 12.0 Å². The molecular formula is C23H29N6O4+. The highest BCUT2D eigenvalue weighted by Gasteiger charge is 2.53. The van der Waals surface area contributed by atoms with E-state index in [-0.39, 0.29) is 11.9 Å². The second-order valence-electron chi connectivity index (χ2n) is 8.40. The van der Waals surface area contributed by atoms with Crippen LogP contribution in [0.25, 0.3) is 5.69 Å². The van der Waals surface area contributed by atoms with Crippen molar-refractivity contribution in [2.45, 2.75) is 19.9 Å². The Balaban J connectivity index is 1.43. The number of amides is 3. The molecule has 1 aromatic heterocycles. The molecule has 0 aliphatic carbocycles. The summed E-state index contributed by atoms with van der Waals surface area (Å²) in [7, 11) is 1.68. The Morgan fingerprint density at radius 3 is 2.58 bits per heavy atom. The third-order valence-electron chi connectivity index (χ3n) is 6.36. The number of aliphatic imine (C=N–C) groups is 1. The summed E-state index contributed by atoms with van der Waals surface area (Å²) in [6.45, 7) is 8.50. The molecule has 0 saturated carbocycles. The number of likely N-dealkylation sites (N-methyl/N-ethyl adjacent to an activating group) is 1. The van der Waals surface area contributed by atoms with Crippen molar-refractivity contribution in [1.29, 1.82) is 0 Å². The van der Waals surface area contributed by atoms with Gasteiger partial charge in [-0.05, 0) is 38.1 Å². The van der Waals surface area contributed by atoms with E-state index in [0.29, 0.717) is 44.7 Å². The number of rotatable bonds is 6. The molecule has 10 heteroatoms. The molecule has 2 saturated heterocycles. The smallest absolute Gasteiger partial charge is 0.406 e. The Morgan fingerprint density at radius 2 is 1.88 bits per heavy atom. The number of hydrogen-bond acceptors (Lipinski definition) is 6. The zero-order valence-electron chi connectivity index (χ0n) is 19.2. The zero-order chi connectivity index (χ0) is 23.1. The number of morpholine rings is 1. The Morgan fingerprint density at radius 1 is 1.15 bits per heavy atom. The molecule has 1 aromatic carbocycles. The third kappa shape index (κ3) is 3.68. The molecule has 5 rings (SSSR count). The molecule has 2 fully saturated rings. The van der Waals surface area contributed by atoms with Gasteiger partial charge in [-0.2, -0.15) is 4.57 Å². The largest absolute Gasteiger partial charge is 0.494 e. The molecule has 0 spiro atoms. The van der Waals surface area contributed by atoms with Crippen LogP contribution in [0.3, 0.4) is 0 Å². The van der Waals surface area contributed by atoms with Gasteiger partial charge in [0, 0.05) is 33.2 Å². The number of imidazole rings is 1. The molecule has 4 heterocycles. The predicted octanol–water partition coefficient (Wildman–Crippen LogP) is 1.28. The van der Waals surface area contributed by atoms with E-state index in [1.165, 1.54) is 9.80 Å². The second kappa shape index (κ2) is 8.60. The van der Waals surface area contributed by atoms with Crippen molar-refractivity contribution in [3.63, 3.8) is 0 Å². The maximum atomic E-state index is 13.5. The van der Waals surface area contributed by atoms with E-state index in [9.17, 15) is 9.59 Å². The van der Waals surface area contributed by atoms with Gasteiger partial charge in [-0.1, -0.05) is 4.99 Å². The van der Waals surface area contributed by atoms with Crippen molar-refractivity contribution in [2.75, 3.05) is 53.0 Å². The van der Waals surface area contributed by atoms with Gasteiger partial charge in [-0.15, -0.1) is 0 Å². The summed E-state index contributed by atoms with van der Waals surface area (Å²) in [4.78, 5) is 36.3. The fraction of sp³-hybridized carbons (Fsp3) is 0.478. The minimum atomic E-state index is -0.643. The van der Waals surface area contributed by atoms with Gasteiger partial charge in [0.05, 0.1) is 19.8 Å². The van der Waals surface area contributed by atoms with Crippen LogP contribution < -0.4 is 9.30 Å². The monoisotopic (exact) mass is 453 g/mol. The van der Waals surface area contributed by atoms with Crippen molar-refractivity contribution in [2.24, 2.45) is 4.99 Å². The Bertz CT molecular complexity index is 1100. The van der Waals surface area contributed by atoms with Gasteiger partial charge in [0.2, 0.25) is 11.9 Å². The normalized spacial score (nSPS) is 20.7. The molecule has 3 aliphatic heterocycles. The van der Waals surface area contributed by atoms with Gasteiger partial charge in [0.15, 0.2) is 0 Å². The second-order valence-corrected chi connectivity index (χ2v) is 8.40. The molecular weight excluding hydrogens is 424 g/mol. The van der Waals surface area contributed by atoms with Crippen LogP contribution in [0.15, 0.2) is 35.5 Å². The highest BCUT2D eigenvalue weighted by Crippen LogP contribution is 2.31. The number of amidine groups is 1. The molecule has 174 valence electrons. The van der Waals surface area contributed by atoms with E-state index in [1.54, 1.807) is 7.05 Å². The highest BCUT2D eigenvalue weighted by atomic mass is 16.5. The average molecular weight is 454 g/mol. The number of nitrogens with zero attached hydrogens (tertiary/aromatic N) is 6. The van der Waals surface area contributed by atoms with E-state index >= 15 is 0 Å². The molecule has 0 N–H and O–H groups in total. The van der Waals surface area contributed by atoms with E-state index in [1.807, 2.05) is 53.4 Å². The topological polar surface area (TPSA) is 83.5 Å². The van der Waals surface area contributed by atoms with Gasteiger partial charge in [-0.25, -0.2) is 9.36 Å². The number of hydrogen-bond donors (Lipinski definition) is 0. The van der Waals surface area contributed by atoms with E-state index in [4.69, 9.17) is 14.5 Å². The summed E-state index contributed by atoms with van der Waals surface area (Å²) >= 11 is 0. The first-order valence-electron chi connectivity index (χ1n) is 11.3. The van der Waals surface area contributed by atoms with Gasteiger partial charge in [0.25, 0.3) is 5.91 Å². The molecule has 3 amide bonds. The fourth-order valence-corrected chi connectivity index (χ4v) is 4.63. The van der Waals surface area contributed by atoms with Crippen molar-refractivity contribution < 1.29 is 23.6 Å². The van der Waals surface area contributed by atoms with Crippen LogP contribution in [0.5, 0.6) is 5.75 Å². The zero-order valence-corrected chi connectivity index (χ0v) is 19.2. The minimum absolute atomic E-state index is 0.238. The van der Waals surface area contributed by atoms with Crippen molar-refractivity contribution in [3.8, 4) is 11.4 Å². The van der Waals surface area contributed by atoms with Crippen LogP contribution in [0.2, 0.25) is 0 Å². The number of aromatic nitrogens is 2. The maximum absolute atomic E-state index is 13.5. The first-order valence-corrected chi connectivity index (χ1v) is 11.3. The molecule has 1 unspecified atom stereocenters. The first-order chi connectivity index (χ1) is 16.0. The lowest BCUT2D eigenvalue weighted by Gasteiger charge is -2.35. The standard InChI is InChI=1S/C23H29N6O4/c1-4-33-18-7-5-17(6-8-18)29-16(2)15-28-19-20(24-22(28)29)25(3)23(31)27(21(19)30)10-9-26-11-13-32-14-12-26/h5-8,15,19H,4,9-14H2,1-3H3/q+1. The summed E-state index contributed by atoms with van der Waals surface area (Å²) < 4.78 is 14.8. The summed E-state index contributed by atoms with van der Waals surface area (Å²) in [5.41, 5.74) is 1.86. The number of aryl methyl sites for hydroxylation is 1. The maximum Gasteiger partial charge on any atom is 0.406 e. The molecule has 10 nitrogen and oxygen atoms in total. The number of urea groups is 1. The van der Waals surface area contributed by atoms with E-state index in [0.717, 1.165) is 30.2 Å². The van der Waals surface area contributed by atoms with Crippen molar-refractivity contribution >= 4 is 23.7 Å². The van der Waals surface area contributed by atoms with E-state index in [2.05, 4.69) is 4.90 Å². The van der Waals surface area contributed by atoms with Gasteiger partial charge in [-0.3, -0.25) is 19.5 Å². The lowest BCUT2D eigenvalue weighted by Crippen LogP contribution is -2.63. The van der Waals surface area contributed by atoms with E-state index < -0.39 is 6.04 Å². The summed E-state index contributed by atoms with van der Waals surface area (Å²) in [5, 5.41) is 0. The summed E-state index contributed by atoms with van der Waals surface area (Å²) in [5.74, 6) is 1.64. The number of carbonyl (C=O) groups excluding carboxylic acids is 2. The number of imide groups is 1. The number of fused-ring (bicyclic) bond motifs is 3. The Hall–Kier alpha value is -3.24. The fourth-order valence-electron chi connectivity index (χ4n) is 4.63. The number of benzene rings is 1. The Labute approximate surface area is 192 Å². The third-order valence-corrected chi connectivity index (χ3v) is 6.36. The summed E-state index contributed by atoms with van der Waals surface area (Å²) in [6, 6.07) is 6.78. The summed E-state index contributed by atoms with van der Waals surface area (Å²) in [6.07, 6.45) is 1.93. The van der Waals surface area contributed by atoms with Crippen LogP contribution in [0, 0.1) is 6.92 Å². The lowest BCUT2D eigenvalue weighted by atomic mass is 10.1. The average Bonchev–Trinajstić information content (AvgIpc) is 3.34. The Kier molecular flexibility index (Phi) is 5.63. The van der Waals surface area contributed by atoms with Crippen LogP contribution >= 0.6 is 0 Å². The first kappa shape index (κ1) is 21.6. The van der Waals surface area contributed by atoms with Gasteiger partial charge in [0.1, 0.15) is 23.3 Å².